The fraction of sp³-hybridized carbons (Fsp3) is 0.385. The first-order valence-corrected chi connectivity index (χ1v) is 5.48. The normalized spacial score (nSPS) is 23.3. The summed E-state index contributed by atoms with van der Waals surface area (Å²) in [4.78, 5) is 0. The molecule has 0 aromatic heterocycles. The maximum absolute atomic E-state index is 5.84. The molecule has 77 valence electrons. The average Bonchev–Trinajstić information content (AvgIpc) is 3.10. The maximum Gasteiger partial charge on any atom is 0.154 e. The van der Waals surface area contributed by atoms with Crippen molar-refractivity contribution in [3.8, 4) is 0 Å². The van der Waals surface area contributed by atoms with Gasteiger partial charge in [0.1, 0.15) is 0 Å². The van der Waals surface area contributed by atoms with E-state index in [1.807, 2.05) is 18.2 Å². The molecule has 1 aliphatic carbocycles. The molecule has 15 heavy (non-hydrogen) atoms. The number of hydrogen-bond donors (Lipinski definition) is 1. The first-order chi connectivity index (χ1) is 7.43. The van der Waals surface area contributed by atoms with Crippen molar-refractivity contribution in [3.63, 3.8) is 0 Å². The standard InChI is InChI=1S/C13H14NO/c1-2-4-12-11(3-1)7-8-14-13(12)15-9-10-5-6-10/h1-4,7,10,13-14H,5-6,9H2. The van der Waals surface area contributed by atoms with E-state index in [9.17, 15) is 0 Å². The number of ether oxygens (including phenoxy) is 1. The van der Waals surface area contributed by atoms with Crippen molar-refractivity contribution >= 4 is 6.08 Å². The molecule has 1 heterocycles. The van der Waals surface area contributed by atoms with Crippen molar-refractivity contribution < 1.29 is 4.74 Å². The summed E-state index contributed by atoms with van der Waals surface area (Å²) in [6, 6.07) is 8.29. The van der Waals surface area contributed by atoms with Crippen LogP contribution in [0.15, 0.2) is 24.3 Å². The van der Waals surface area contributed by atoms with Crippen LogP contribution in [0.2, 0.25) is 0 Å². The predicted octanol–water partition coefficient (Wildman–Crippen LogP) is 2.49. The third-order valence-corrected chi connectivity index (χ3v) is 2.92. The highest BCUT2D eigenvalue weighted by molar-refractivity contribution is 5.54. The highest BCUT2D eigenvalue weighted by Crippen LogP contribution is 2.31. The van der Waals surface area contributed by atoms with Gasteiger partial charge < -0.3 is 10.1 Å². The Balaban J connectivity index is 1.76. The molecule has 1 atom stereocenters. The summed E-state index contributed by atoms with van der Waals surface area (Å²) in [6.45, 7) is 0.869. The lowest BCUT2D eigenvalue weighted by Gasteiger charge is -2.23. The molecule has 1 unspecified atom stereocenters. The van der Waals surface area contributed by atoms with Gasteiger partial charge in [0.2, 0.25) is 0 Å². The van der Waals surface area contributed by atoms with Crippen LogP contribution in [0.5, 0.6) is 0 Å². The fourth-order valence-corrected chi connectivity index (χ4v) is 1.80. The number of rotatable bonds is 3. The fourth-order valence-electron chi connectivity index (χ4n) is 1.80. The molecule has 1 fully saturated rings. The van der Waals surface area contributed by atoms with Gasteiger partial charge in [-0.2, -0.15) is 0 Å². The van der Waals surface area contributed by atoms with E-state index in [2.05, 4.69) is 23.6 Å². The molecule has 0 spiro atoms. The van der Waals surface area contributed by atoms with Crippen LogP contribution in [0.1, 0.15) is 30.2 Å². The Morgan fingerprint density at radius 1 is 1.33 bits per heavy atom. The first kappa shape index (κ1) is 8.98. The minimum Gasteiger partial charge on any atom is -0.355 e. The van der Waals surface area contributed by atoms with Crippen molar-refractivity contribution in [2.24, 2.45) is 5.92 Å². The molecule has 2 aliphatic rings. The highest BCUT2D eigenvalue weighted by Gasteiger charge is 2.24. The summed E-state index contributed by atoms with van der Waals surface area (Å²) in [5, 5.41) is 3.13. The Morgan fingerprint density at radius 3 is 3.07 bits per heavy atom. The van der Waals surface area contributed by atoms with Gasteiger partial charge >= 0.3 is 0 Å². The Kier molecular flexibility index (Phi) is 2.22. The minimum atomic E-state index is -0.00759. The van der Waals surface area contributed by atoms with Gasteiger partial charge in [-0.15, -0.1) is 0 Å². The molecule has 3 rings (SSSR count). The lowest BCUT2D eigenvalue weighted by molar-refractivity contribution is 0.0286. The number of benzene rings is 1. The molecule has 0 saturated heterocycles. The van der Waals surface area contributed by atoms with Crippen LogP contribution in [0.3, 0.4) is 0 Å². The summed E-state index contributed by atoms with van der Waals surface area (Å²) in [5.41, 5.74) is 2.42. The molecule has 0 bridgehead atoms. The summed E-state index contributed by atoms with van der Waals surface area (Å²) in [7, 11) is 0. The zero-order valence-corrected chi connectivity index (χ0v) is 8.57. The average molecular weight is 200 g/mol. The van der Waals surface area contributed by atoms with Gasteiger partial charge in [0.05, 0.1) is 12.8 Å². The van der Waals surface area contributed by atoms with Crippen molar-refractivity contribution in [3.05, 3.63) is 41.6 Å². The molecule has 1 N–H and O–H groups in total. The summed E-state index contributed by atoms with van der Waals surface area (Å²) < 4.78 is 5.84. The quantitative estimate of drug-likeness (QED) is 0.809. The van der Waals surface area contributed by atoms with Gasteiger partial charge in [0.25, 0.3) is 0 Å². The van der Waals surface area contributed by atoms with Crippen molar-refractivity contribution in [1.82, 2.24) is 5.32 Å². The molecule has 2 nitrogen and oxygen atoms in total. The van der Waals surface area contributed by atoms with Crippen LogP contribution in [0.25, 0.3) is 6.08 Å². The zero-order valence-electron chi connectivity index (χ0n) is 8.57. The van der Waals surface area contributed by atoms with Gasteiger partial charge in [-0.3, -0.25) is 0 Å². The summed E-state index contributed by atoms with van der Waals surface area (Å²) >= 11 is 0. The minimum absolute atomic E-state index is 0.00759. The van der Waals surface area contributed by atoms with Crippen LogP contribution in [0.4, 0.5) is 0 Å². The topological polar surface area (TPSA) is 21.3 Å². The van der Waals surface area contributed by atoms with Crippen molar-refractivity contribution in [1.29, 1.82) is 0 Å². The summed E-state index contributed by atoms with van der Waals surface area (Å²) in [5.74, 6) is 0.796. The molecular formula is C13H14NO. The van der Waals surface area contributed by atoms with E-state index in [4.69, 9.17) is 4.74 Å². The van der Waals surface area contributed by atoms with E-state index in [1.54, 1.807) is 0 Å². The first-order valence-electron chi connectivity index (χ1n) is 5.48. The second kappa shape index (κ2) is 3.70. The second-order valence-electron chi connectivity index (χ2n) is 4.22. The Hall–Kier alpha value is -1.28. The molecule has 1 radical (unpaired) electrons. The number of nitrogens with one attached hydrogen (secondary N) is 1. The van der Waals surface area contributed by atoms with E-state index >= 15 is 0 Å². The van der Waals surface area contributed by atoms with Crippen LogP contribution in [-0.4, -0.2) is 6.61 Å². The third-order valence-electron chi connectivity index (χ3n) is 2.92. The van der Waals surface area contributed by atoms with E-state index < -0.39 is 0 Å². The lowest BCUT2D eigenvalue weighted by Crippen LogP contribution is -2.23. The number of fused-ring (bicyclic) bond motifs is 1. The molecule has 1 aliphatic heterocycles. The van der Waals surface area contributed by atoms with Crippen LogP contribution in [-0.2, 0) is 4.74 Å². The van der Waals surface area contributed by atoms with Gasteiger partial charge in [-0.1, -0.05) is 24.3 Å². The maximum atomic E-state index is 5.84. The van der Waals surface area contributed by atoms with Crippen LogP contribution >= 0.6 is 0 Å². The molecule has 2 heteroatoms. The highest BCUT2D eigenvalue weighted by atomic mass is 16.5. The van der Waals surface area contributed by atoms with E-state index in [-0.39, 0.29) is 6.23 Å². The largest absolute Gasteiger partial charge is 0.355 e. The Morgan fingerprint density at radius 2 is 2.20 bits per heavy atom. The smallest absolute Gasteiger partial charge is 0.154 e. The predicted molar refractivity (Wildman–Crippen MR) is 58.7 cm³/mol. The number of hydrogen-bond acceptors (Lipinski definition) is 2. The Bertz CT molecular complexity index is 382. The van der Waals surface area contributed by atoms with E-state index in [0.29, 0.717) is 0 Å². The van der Waals surface area contributed by atoms with Gasteiger partial charge in [-0.25, -0.2) is 0 Å². The third kappa shape index (κ3) is 1.90. The molecular weight excluding hydrogens is 186 g/mol. The van der Waals surface area contributed by atoms with Gasteiger partial charge in [-0.05, 0) is 30.4 Å². The lowest BCUT2D eigenvalue weighted by atomic mass is 10.0. The molecule has 0 amide bonds. The van der Waals surface area contributed by atoms with Crippen LogP contribution in [0, 0.1) is 12.1 Å². The van der Waals surface area contributed by atoms with Gasteiger partial charge in [0, 0.05) is 5.56 Å². The molecule has 1 aromatic rings. The second-order valence-corrected chi connectivity index (χ2v) is 4.22. The monoisotopic (exact) mass is 200 g/mol. The van der Waals surface area contributed by atoms with Crippen molar-refractivity contribution in [2.75, 3.05) is 6.61 Å². The van der Waals surface area contributed by atoms with Gasteiger partial charge in [0.15, 0.2) is 6.23 Å². The molecule has 1 aromatic carbocycles. The van der Waals surface area contributed by atoms with Crippen LogP contribution < -0.4 is 5.32 Å². The van der Waals surface area contributed by atoms with Crippen molar-refractivity contribution in [2.45, 2.75) is 19.1 Å². The molecule has 1 saturated carbocycles. The zero-order chi connectivity index (χ0) is 10.1. The van der Waals surface area contributed by atoms with E-state index in [0.717, 1.165) is 12.5 Å². The SMILES string of the molecule is [C]1=Cc2ccccc2C(OCC2CC2)N1. The van der Waals surface area contributed by atoms with E-state index in [1.165, 1.54) is 24.0 Å². The Labute approximate surface area is 89.9 Å². The summed E-state index contributed by atoms with van der Waals surface area (Å²) in [6.07, 6.45) is 7.65.